The van der Waals surface area contributed by atoms with Crippen molar-refractivity contribution in [3.63, 3.8) is 0 Å². The average Bonchev–Trinajstić information content (AvgIpc) is 2.69. The molecule has 0 aliphatic heterocycles. The minimum atomic E-state index is -0.568. The first-order valence-corrected chi connectivity index (χ1v) is 6.17. The van der Waals surface area contributed by atoms with Gasteiger partial charge in [-0.1, -0.05) is 30.3 Å². The summed E-state index contributed by atoms with van der Waals surface area (Å²) in [6, 6.07) is 9.16. The van der Waals surface area contributed by atoms with Crippen molar-refractivity contribution in [1.82, 2.24) is 9.78 Å². The summed E-state index contributed by atoms with van der Waals surface area (Å²) >= 11 is 0. The van der Waals surface area contributed by atoms with Crippen LogP contribution in [0.4, 0.5) is 5.69 Å². The van der Waals surface area contributed by atoms with Gasteiger partial charge in [-0.05, 0) is 18.9 Å². The number of nitrogens with zero attached hydrogens (tertiary/aromatic N) is 2. The third-order valence-corrected chi connectivity index (χ3v) is 2.91. The van der Waals surface area contributed by atoms with Crippen LogP contribution in [0.1, 0.15) is 11.3 Å². The van der Waals surface area contributed by atoms with Crippen molar-refractivity contribution in [1.29, 1.82) is 0 Å². The third kappa shape index (κ3) is 3.42. The van der Waals surface area contributed by atoms with E-state index in [2.05, 4.69) is 10.4 Å². The number of carbonyl (C=O) groups is 1. The molecule has 19 heavy (non-hydrogen) atoms. The Morgan fingerprint density at radius 3 is 2.68 bits per heavy atom. The molecule has 1 aromatic heterocycles. The largest absolute Gasteiger partial charge is 0.322 e. The minimum absolute atomic E-state index is 0.194. The van der Waals surface area contributed by atoms with Gasteiger partial charge < -0.3 is 11.1 Å². The Labute approximate surface area is 112 Å². The molecule has 0 aliphatic rings. The molecular weight excluding hydrogens is 240 g/mol. The first-order chi connectivity index (χ1) is 9.06. The monoisotopic (exact) mass is 258 g/mol. The molecule has 1 unspecified atom stereocenters. The highest BCUT2D eigenvalue weighted by Gasteiger charge is 2.16. The summed E-state index contributed by atoms with van der Waals surface area (Å²) in [5.41, 5.74) is 8.45. The van der Waals surface area contributed by atoms with E-state index in [4.69, 9.17) is 5.73 Å². The van der Waals surface area contributed by atoms with Crippen LogP contribution in [-0.2, 0) is 18.3 Å². The van der Waals surface area contributed by atoms with Gasteiger partial charge in [-0.15, -0.1) is 0 Å². The number of carbonyl (C=O) groups excluding carboxylic acids is 1. The lowest BCUT2D eigenvalue weighted by Crippen LogP contribution is -2.37. The molecule has 0 bridgehead atoms. The normalized spacial score (nSPS) is 12.2. The molecular formula is C14H18N4O. The number of benzene rings is 1. The highest BCUT2D eigenvalue weighted by Crippen LogP contribution is 2.12. The summed E-state index contributed by atoms with van der Waals surface area (Å²) in [5.74, 6) is -0.194. The van der Waals surface area contributed by atoms with Gasteiger partial charge in [0.05, 0.1) is 17.4 Å². The molecule has 0 radical (unpaired) electrons. The Balaban J connectivity index is 1.98. The van der Waals surface area contributed by atoms with Gasteiger partial charge in [-0.25, -0.2) is 0 Å². The SMILES string of the molecule is Cc1nn(C)cc1NC(=O)C(N)Cc1ccccc1. The number of anilines is 1. The van der Waals surface area contributed by atoms with E-state index in [1.807, 2.05) is 44.3 Å². The van der Waals surface area contributed by atoms with E-state index in [-0.39, 0.29) is 5.91 Å². The van der Waals surface area contributed by atoms with Crippen molar-refractivity contribution in [2.45, 2.75) is 19.4 Å². The van der Waals surface area contributed by atoms with Crippen molar-refractivity contribution < 1.29 is 4.79 Å². The van der Waals surface area contributed by atoms with Crippen molar-refractivity contribution in [3.8, 4) is 0 Å². The zero-order chi connectivity index (χ0) is 13.8. The zero-order valence-electron chi connectivity index (χ0n) is 11.1. The number of hydrogen-bond donors (Lipinski definition) is 2. The fourth-order valence-corrected chi connectivity index (χ4v) is 1.91. The number of aromatic nitrogens is 2. The number of nitrogens with one attached hydrogen (secondary N) is 1. The van der Waals surface area contributed by atoms with Crippen molar-refractivity contribution >= 4 is 11.6 Å². The van der Waals surface area contributed by atoms with Crippen molar-refractivity contribution in [2.75, 3.05) is 5.32 Å². The summed E-state index contributed by atoms with van der Waals surface area (Å²) in [5, 5.41) is 6.97. The van der Waals surface area contributed by atoms with E-state index < -0.39 is 6.04 Å². The number of hydrogen-bond acceptors (Lipinski definition) is 3. The Bertz CT molecular complexity index is 562. The van der Waals surface area contributed by atoms with Crippen LogP contribution in [0.3, 0.4) is 0 Å². The first kappa shape index (κ1) is 13.3. The molecule has 1 amide bonds. The molecule has 5 heteroatoms. The van der Waals surface area contributed by atoms with Crippen LogP contribution in [-0.4, -0.2) is 21.7 Å². The molecule has 2 aromatic rings. The van der Waals surface area contributed by atoms with Crippen LogP contribution < -0.4 is 11.1 Å². The number of nitrogens with two attached hydrogens (primary N) is 1. The van der Waals surface area contributed by atoms with Gasteiger partial charge in [0.2, 0.25) is 5.91 Å². The molecule has 3 N–H and O–H groups in total. The standard InChI is InChI=1S/C14H18N4O/c1-10-13(9-18(2)17-10)16-14(19)12(15)8-11-6-4-3-5-7-11/h3-7,9,12H,8,15H2,1-2H3,(H,16,19). The van der Waals surface area contributed by atoms with E-state index in [1.165, 1.54) is 0 Å². The lowest BCUT2D eigenvalue weighted by molar-refractivity contribution is -0.117. The van der Waals surface area contributed by atoms with E-state index >= 15 is 0 Å². The van der Waals surface area contributed by atoms with Crippen LogP contribution in [0, 0.1) is 6.92 Å². The third-order valence-electron chi connectivity index (χ3n) is 2.91. The minimum Gasteiger partial charge on any atom is -0.322 e. The highest BCUT2D eigenvalue weighted by atomic mass is 16.2. The van der Waals surface area contributed by atoms with Crippen molar-refractivity contribution in [2.24, 2.45) is 12.8 Å². The lowest BCUT2D eigenvalue weighted by Gasteiger charge is -2.11. The van der Waals surface area contributed by atoms with E-state index in [0.29, 0.717) is 12.1 Å². The maximum Gasteiger partial charge on any atom is 0.241 e. The quantitative estimate of drug-likeness (QED) is 0.866. The van der Waals surface area contributed by atoms with Gasteiger partial charge in [0.15, 0.2) is 0 Å². The summed E-state index contributed by atoms with van der Waals surface area (Å²) in [6.07, 6.45) is 2.29. The number of rotatable bonds is 4. The van der Waals surface area contributed by atoms with Crippen LogP contribution in [0.2, 0.25) is 0 Å². The maximum atomic E-state index is 12.0. The molecule has 0 fully saturated rings. The Kier molecular flexibility index (Phi) is 3.97. The van der Waals surface area contributed by atoms with Gasteiger partial charge in [0.25, 0.3) is 0 Å². The highest BCUT2D eigenvalue weighted by molar-refractivity contribution is 5.95. The van der Waals surface area contributed by atoms with Gasteiger partial charge in [-0.3, -0.25) is 9.48 Å². The van der Waals surface area contributed by atoms with Gasteiger partial charge in [-0.2, -0.15) is 5.10 Å². The number of aryl methyl sites for hydroxylation is 2. The summed E-state index contributed by atoms with van der Waals surface area (Å²) in [4.78, 5) is 12.0. The summed E-state index contributed by atoms with van der Waals surface area (Å²) < 4.78 is 1.66. The molecule has 2 rings (SSSR count). The van der Waals surface area contributed by atoms with Crippen LogP contribution in [0.15, 0.2) is 36.5 Å². The van der Waals surface area contributed by atoms with E-state index in [0.717, 1.165) is 11.3 Å². The molecule has 0 saturated carbocycles. The average molecular weight is 258 g/mol. The Morgan fingerprint density at radius 1 is 1.42 bits per heavy atom. The summed E-state index contributed by atoms with van der Waals surface area (Å²) in [7, 11) is 1.81. The summed E-state index contributed by atoms with van der Waals surface area (Å²) in [6.45, 7) is 1.85. The van der Waals surface area contributed by atoms with Crippen LogP contribution >= 0.6 is 0 Å². The molecule has 0 spiro atoms. The fourth-order valence-electron chi connectivity index (χ4n) is 1.91. The molecule has 1 heterocycles. The molecule has 0 saturated heterocycles. The fraction of sp³-hybridized carbons (Fsp3) is 0.286. The molecule has 1 aromatic carbocycles. The molecule has 0 aliphatic carbocycles. The predicted octanol–water partition coefficient (Wildman–Crippen LogP) is 1.24. The Morgan fingerprint density at radius 2 is 2.11 bits per heavy atom. The first-order valence-electron chi connectivity index (χ1n) is 6.17. The van der Waals surface area contributed by atoms with Gasteiger partial charge >= 0.3 is 0 Å². The second-order valence-corrected chi connectivity index (χ2v) is 4.59. The topological polar surface area (TPSA) is 72.9 Å². The second kappa shape index (κ2) is 5.67. The van der Waals surface area contributed by atoms with Crippen LogP contribution in [0.5, 0.6) is 0 Å². The lowest BCUT2D eigenvalue weighted by atomic mass is 10.1. The van der Waals surface area contributed by atoms with E-state index in [1.54, 1.807) is 10.9 Å². The smallest absolute Gasteiger partial charge is 0.241 e. The second-order valence-electron chi connectivity index (χ2n) is 4.59. The van der Waals surface area contributed by atoms with Crippen LogP contribution in [0.25, 0.3) is 0 Å². The van der Waals surface area contributed by atoms with Crippen molar-refractivity contribution in [3.05, 3.63) is 47.8 Å². The van der Waals surface area contributed by atoms with Gasteiger partial charge in [0.1, 0.15) is 0 Å². The molecule has 100 valence electrons. The molecule has 5 nitrogen and oxygen atoms in total. The number of amides is 1. The molecule has 1 atom stereocenters. The maximum absolute atomic E-state index is 12.0. The zero-order valence-corrected chi connectivity index (χ0v) is 11.1. The van der Waals surface area contributed by atoms with E-state index in [9.17, 15) is 4.79 Å². The van der Waals surface area contributed by atoms with Gasteiger partial charge in [0, 0.05) is 13.2 Å². The Hall–Kier alpha value is -2.14. The predicted molar refractivity (Wildman–Crippen MR) is 74.7 cm³/mol.